The highest BCUT2D eigenvalue weighted by atomic mass is 19.4. The van der Waals surface area contributed by atoms with Crippen molar-refractivity contribution in [1.29, 1.82) is 0 Å². The highest BCUT2D eigenvalue weighted by molar-refractivity contribution is 6.03. The molecule has 0 amide bonds. The number of benzene rings is 1. The molecule has 6 nitrogen and oxygen atoms in total. The number of likely N-dealkylation sites (tertiary alicyclic amines) is 1. The van der Waals surface area contributed by atoms with E-state index in [1.807, 2.05) is 12.1 Å². The molecular weight excluding hydrogens is 517 g/mol. The van der Waals surface area contributed by atoms with Crippen molar-refractivity contribution in [2.24, 2.45) is 0 Å². The average Bonchev–Trinajstić information content (AvgIpc) is 3.38. The van der Waals surface area contributed by atoms with Gasteiger partial charge in [-0.25, -0.2) is 4.79 Å². The van der Waals surface area contributed by atoms with Crippen LogP contribution in [0.2, 0.25) is 0 Å². The molecule has 0 saturated carbocycles. The van der Waals surface area contributed by atoms with Gasteiger partial charge in [-0.05, 0) is 92.4 Å². The Hall–Kier alpha value is -3.98. The highest BCUT2D eigenvalue weighted by Crippen LogP contribution is 2.43. The molecule has 0 atom stereocenters. The standard InChI is InChI=1S/C31H31F3N4O2/c1-2-40-30(39)27-26(22-8-15-36-16-9-22)29(24-4-3-5-25(20-24)31(32,33)34)37-28(27)23-11-18-38(19-12-23)17-10-21-6-13-35-14-7-21/h3-9,13-16,20,23,37H,2,10-12,17-19H2,1H3. The predicted molar refractivity (Wildman–Crippen MR) is 147 cm³/mol. The molecule has 1 aliphatic rings. The monoisotopic (exact) mass is 548 g/mol. The number of aromatic amines is 1. The summed E-state index contributed by atoms with van der Waals surface area (Å²) in [6.45, 7) is 4.54. The number of alkyl halides is 3. The molecule has 1 aliphatic heterocycles. The number of aromatic nitrogens is 3. The predicted octanol–water partition coefficient (Wildman–Crippen LogP) is 6.76. The molecule has 5 rings (SSSR count). The van der Waals surface area contributed by atoms with Crippen molar-refractivity contribution in [3.63, 3.8) is 0 Å². The minimum absolute atomic E-state index is 0.0247. The number of hydrogen-bond donors (Lipinski definition) is 1. The molecule has 0 unspecified atom stereocenters. The van der Waals surface area contributed by atoms with E-state index in [0.717, 1.165) is 51.0 Å². The van der Waals surface area contributed by atoms with Crippen LogP contribution >= 0.6 is 0 Å². The second-order valence-electron chi connectivity index (χ2n) is 9.92. The number of carbonyl (C=O) groups excluding carboxylic acids is 1. The van der Waals surface area contributed by atoms with E-state index >= 15 is 0 Å². The van der Waals surface area contributed by atoms with Crippen molar-refractivity contribution < 1.29 is 22.7 Å². The number of H-pyrrole nitrogens is 1. The minimum atomic E-state index is -4.49. The van der Waals surface area contributed by atoms with Crippen LogP contribution in [0.25, 0.3) is 22.4 Å². The van der Waals surface area contributed by atoms with Gasteiger partial charge in [-0.3, -0.25) is 9.97 Å². The molecular formula is C31H31F3N4O2. The number of nitrogens with one attached hydrogen (secondary N) is 1. The fourth-order valence-electron chi connectivity index (χ4n) is 5.40. The molecule has 1 N–H and O–H groups in total. The maximum absolute atomic E-state index is 13.6. The van der Waals surface area contributed by atoms with Gasteiger partial charge in [0.15, 0.2) is 0 Å². The average molecular weight is 549 g/mol. The Bertz CT molecular complexity index is 1430. The molecule has 1 aromatic carbocycles. The molecule has 4 aromatic rings. The number of hydrogen-bond acceptors (Lipinski definition) is 5. The van der Waals surface area contributed by atoms with E-state index in [2.05, 4.69) is 19.9 Å². The van der Waals surface area contributed by atoms with E-state index in [4.69, 9.17) is 4.74 Å². The lowest BCUT2D eigenvalue weighted by molar-refractivity contribution is -0.137. The van der Waals surface area contributed by atoms with Crippen molar-refractivity contribution in [2.45, 2.75) is 38.3 Å². The number of carbonyl (C=O) groups is 1. The highest BCUT2D eigenvalue weighted by Gasteiger charge is 2.34. The first-order valence-electron chi connectivity index (χ1n) is 13.5. The van der Waals surface area contributed by atoms with Crippen LogP contribution in [0.15, 0.2) is 73.3 Å². The third kappa shape index (κ3) is 6.09. The second-order valence-corrected chi connectivity index (χ2v) is 9.92. The van der Waals surface area contributed by atoms with Gasteiger partial charge in [0.25, 0.3) is 0 Å². The maximum atomic E-state index is 13.6. The largest absolute Gasteiger partial charge is 0.462 e. The van der Waals surface area contributed by atoms with Crippen molar-refractivity contribution in [1.82, 2.24) is 19.9 Å². The number of halogens is 3. The van der Waals surface area contributed by atoms with Gasteiger partial charge in [-0.2, -0.15) is 13.2 Å². The Morgan fingerprint density at radius 1 is 1.00 bits per heavy atom. The van der Waals surface area contributed by atoms with E-state index < -0.39 is 17.7 Å². The third-order valence-corrected chi connectivity index (χ3v) is 7.42. The SMILES string of the molecule is CCOC(=O)c1c(C2CCN(CCc3ccncc3)CC2)[nH]c(-c2cccc(C(F)(F)F)c2)c1-c1ccncc1. The van der Waals surface area contributed by atoms with Crippen LogP contribution < -0.4 is 0 Å². The summed E-state index contributed by atoms with van der Waals surface area (Å²) in [4.78, 5) is 27.4. The van der Waals surface area contributed by atoms with Gasteiger partial charge in [-0.15, -0.1) is 0 Å². The van der Waals surface area contributed by atoms with Gasteiger partial charge in [0, 0.05) is 48.5 Å². The molecule has 0 bridgehead atoms. The van der Waals surface area contributed by atoms with Gasteiger partial charge >= 0.3 is 12.1 Å². The van der Waals surface area contributed by atoms with Crippen molar-refractivity contribution in [2.75, 3.05) is 26.2 Å². The summed E-state index contributed by atoms with van der Waals surface area (Å²) in [5.74, 6) is -0.462. The summed E-state index contributed by atoms with van der Waals surface area (Å²) >= 11 is 0. The molecule has 40 heavy (non-hydrogen) atoms. The van der Waals surface area contributed by atoms with E-state index in [1.54, 1.807) is 49.9 Å². The minimum Gasteiger partial charge on any atom is -0.462 e. The van der Waals surface area contributed by atoms with Crippen molar-refractivity contribution >= 4 is 5.97 Å². The lowest BCUT2D eigenvalue weighted by Crippen LogP contribution is -2.35. The zero-order valence-electron chi connectivity index (χ0n) is 22.2. The quantitative estimate of drug-likeness (QED) is 0.247. The van der Waals surface area contributed by atoms with Crippen LogP contribution in [0.4, 0.5) is 13.2 Å². The van der Waals surface area contributed by atoms with E-state index in [9.17, 15) is 18.0 Å². The summed E-state index contributed by atoms with van der Waals surface area (Å²) < 4.78 is 46.3. The number of rotatable bonds is 8. The zero-order valence-corrected chi connectivity index (χ0v) is 22.2. The summed E-state index contributed by atoms with van der Waals surface area (Å²) in [5.41, 5.74) is 3.63. The first kappa shape index (κ1) is 27.6. The summed E-state index contributed by atoms with van der Waals surface area (Å²) in [5, 5.41) is 0. The van der Waals surface area contributed by atoms with Gasteiger partial charge in [0.2, 0.25) is 0 Å². The Balaban J connectivity index is 1.52. The number of ether oxygens (including phenoxy) is 1. The lowest BCUT2D eigenvalue weighted by atomic mass is 9.89. The second kappa shape index (κ2) is 12.0. The molecule has 3 aromatic heterocycles. The molecule has 9 heteroatoms. The number of piperidine rings is 1. The molecule has 4 heterocycles. The van der Waals surface area contributed by atoms with Crippen molar-refractivity contribution in [3.05, 3.63) is 95.7 Å². The first-order valence-corrected chi connectivity index (χ1v) is 13.5. The van der Waals surface area contributed by atoms with Crippen LogP contribution in [0.5, 0.6) is 0 Å². The van der Waals surface area contributed by atoms with Crippen LogP contribution in [-0.4, -0.2) is 52.1 Å². The maximum Gasteiger partial charge on any atom is 0.416 e. The number of pyridine rings is 2. The smallest absolute Gasteiger partial charge is 0.416 e. The topological polar surface area (TPSA) is 71.1 Å². The van der Waals surface area contributed by atoms with E-state index in [0.29, 0.717) is 33.6 Å². The first-order chi connectivity index (χ1) is 19.3. The third-order valence-electron chi connectivity index (χ3n) is 7.42. The summed E-state index contributed by atoms with van der Waals surface area (Å²) in [6, 6.07) is 12.8. The van der Waals surface area contributed by atoms with Gasteiger partial charge in [0.05, 0.1) is 23.4 Å². The Kier molecular flexibility index (Phi) is 8.30. The molecule has 1 saturated heterocycles. The van der Waals surface area contributed by atoms with E-state index in [1.165, 1.54) is 11.6 Å². The summed E-state index contributed by atoms with van der Waals surface area (Å²) in [7, 11) is 0. The Morgan fingerprint density at radius 3 is 2.33 bits per heavy atom. The number of nitrogens with zero attached hydrogens (tertiary/aromatic N) is 3. The number of esters is 1. The Labute approximate surface area is 231 Å². The molecule has 0 aliphatic carbocycles. The fraction of sp³-hybridized carbons (Fsp3) is 0.323. The van der Waals surface area contributed by atoms with Gasteiger partial charge < -0.3 is 14.6 Å². The molecule has 208 valence electrons. The van der Waals surface area contributed by atoms with Crippen LogP contribution in [0.1, 0.15) is 52.9 Å². The molecule has 0 spiro atoms. The molecule has 1 fully saturated rings. The van der Waals surface area contributed by atoms with Crippen LogP contribution in [0.3, 0.4) is 0 Å². The molecule has 0 radical (unpaired) electrons. The van der Waals surface area contributed by atoms with E-state index in [-0.39, 0.29) is 12.5 Å². The Morgan fingerprint density at radius 2 is 1.68 bits per heavy atom. The van der Waals surface area contributed by atoms with Gasteiger partial charge in [-0.1, -0.05) is 12.1 Å². The van der Waals surface area contributed by atoms with Gasteiger partial charge in [0.1, 0.15) is 0 Å². The lowest BCUT2D eigenvalue weighted by Gasteiger charge is -2.32. The zero-order chi connectivity index (χ0) is 28.1. The van der Waals surface area contributed by atoms with Crippen molar-refractivity contribution in [3.8, 4) is 22.4 Å². The normalized spacial score (nSPS) is 14.8. The van der Waals surface area contributed by atoms with Crippen LogP contribution in [0, 0.1) is 0 Å². The summed E-state index contributed by atoms with van der Waals surface area (Å²) in [6.07, 6.45) is 4.85. The van der Waals surface area contributed by atoms with Crippen LogP contribution in [-0.2, 0) is 17.3 Å². The fourth-order valence-corrected chi connectivity index (χ4v) is 5.40.